The van der Waals surface area contributed by atoms with Crippen molar-refractivity contribution in [1.29, 1.82) is 0 Å². The highest BCUT2D eigenvalue weighted by molar-refractivity contribution is 6.37. The van der Waals surface area contributed by atoms with Crippen molar-refractivity contribution in [3.8, 4) is 0 Å². The van der Waals surface area contributed by atoms with Gasteiger partial charge in [-0.1, -0.05) is 23.2 Å². The molecule has 1 aromatic heterocycles. The molecule has 0 aromatic carbocycles. The molecule has 7 heteroatoms. The molecule has 0 saturated heterocycles. The van der Waals surface area contributed by atoms with Gasteiger partial charge in [0.05, 0.1) is 16.1 Å². The molecule has 1 aromatic rings. The summed E-state index contributed by atoms with van der Waals surface area (Å²) in [5.41, 5.74) is 2.39. The minimum absolute atomic E-state index is 0.299. The van der Waals surface area contributed by atoms with Crippen molar-refractivity contribution in [2.45, 2.75) is 25.9 Å². The molecule has 0 saturated carbocycles. The first kappa shape index (κ1) is 14.3. The molecule has 1 atom stereocenters. The van der Waals surface area contributed by atoms with Gasteiger partial charge in [-0.2, -0.15) is 0 Å². The Balaban J connectivity index is 2.58. The summed E-state index contributed by atoms with van der Waals surface area (Å²) in [7, 11) is 0. The van der Waals surface area contributed by atoms with Gasteiger partial charge in [0, 0.05) is 6.54 Å². The zero-order valence-corrected chi connectivity index (χ0v) is 11.0. The summed E-state index contributed by atoms with van der Waals surface area (Å²) in [4.78, 5) is 4.13. The van der Waals surface area contributed by atoms with E-state index in [1.165, 1.54) is 0 Å². The molecular weight excluding hydrogens is 263 g/mol. The van der Waals surface area contributed by atoms with Gasteiger partial charge in [-0.3, -0.25) is 0 Å². The molecule has 0 amide bonds. The Bertz CT molecular complexity index is 374. The number of aliphatic hydroxyl groups excluding tert-OH is 1. The average Bonchev–Trinajstić information content (AvgIpc) is 2.26. The highest BCUT2D eigenvalue weighted by atomic mass is 35.5. The van der Waals surface area contributed by atoms with Gasteiger partial charge in [0.25, 0.3) is 0 Å². The third kappa shape index (κ3) is 4.55. The lowest BCUT2D eigenvalue weighted by Gasteiger charge is -2.11. The number of aliphatic hydroxyl groups is 1. The van der Waals surface area contributed by atoms with Gasteiger partial charge in [0.2, 0.25) is 0 Å². The number of hydrogen-bond donors (Lipinski definition) is 4. The first-order valence-electron chi connectivity index (χ1n) is 5.29. The summed E-state index contributed by atoms with van der Waals surface area (Å²) in [5, 5.41) is 13.0. The van der Waals surface area contributed by atoms with Gasteiger partial charge in [0.1, 0.15) is 5.82 Å². The molecule has 5 N–H and O–H groups in total. The Morgan fingerprint density at radius 3 is 2.65 bits per heavy atom. The van der Waals surface area contributed by atoms with Crippen molar-refractivity contribution in [3.05, 3.63) is 16.1 Å². The monoisotopic (exact) mass is 278 g/mol. The van der Waals surface area contributed by atoms with Crippen molar-refractivity contribution in [1.82, 2.24) is 4.98 Å². The maximum absolute atomic E-state index is 9.11. The van der Waals surface area contributed by atoms with Crippen molar-refractivity contribution in [3.63, 3.8) is 0 Å². The minimum atomic E-state index is -0.299. The van der Waals surface area contributed by atoms with Crippen molar-refractivity contribution < 1.29 is 5.11 Å². The van der Waals surface area contributed by atoms with E-state index < -0.39 is 0 Å². The van der Waals surface area contributed by atoms with Crippen LogP contribution < -0.4 is 16.6 Å². The predicted molar refractivity (Wildman–Crippen MR) is 71.5 cm³/mol. The van der Waals surface area contributed by atoms with E-state index in [4.69, 9.17) is 34.2 Å². The summed E-state index contributed by atoms with van der Waals surface area (Å²) in [6.07, 6.45) is 1.25. The van der Waals surface area contributed by atoms with E-state index in [0.717, 1.165) is 12.8 Å². The van der Waals surface area contributed by atoms with Crippen molar-refractivity contribution in [2.24, 2.45) is 5.84 Å². The molecule has 0 aliphatic heterocycles. The maximum atomic E-state index is 9.11. The molecule has 1 rings (SSSR count). The first-order chi connectivity index (χ1) is 8.04. The van der Waals surface area contributed by atoms with Crippen LogP contribution in [0.15, 0.2) is 6.07 Å². The predicted octanol–water partition coefficient (Wildman–Crippen LogP) is 2.25. The normalized spacial score (nSPS) is 12.3. The molecule has 17 heavy (non-hydrogen) atoms. The Labute approximate surface area is 110 Å². The highest BCUT2D eigenvalue weighted by Crippen LogP contribution is 2.28. The van der Waals surface area contributed by atoms with E-state index in [2.05, 4.69) is 15.7 Å². The molecule has 0 bridgehead atoms. The van der Waals surface area contributed by atoms with Crippen LogP contribution in [-0.4, -0.2) is 22.7 Å². The van der Waals surface area contributed by atoms with E-state index in [9.17, 15) is 0 Å². The van der Waals surface area contributed by atoms with E-state index >= 15 is 0 Å². The molecule has 5 nitrogen and oxygen atoms in total. The molecule has 1 heterocycles. The number of nitrogens with zero attached hydrogens (tertiary/aromatic N) is 1. The maximum Gasteiger partial charge on any atom is 0.161 e. The Kier molecular flexibility index (Phi) is 5.77. The number of rotatable bonds is 6. The molecule has 1 unspecified atom stereocenters. The summed E-state index contributed by atoms with van der Waals surface area (Å²) in [6.45, 7) is 2.42. The summed E-state index contributed by atoms with van der Waals surface area (Å²) in [6, 6.07) is 1.57. The quantitative estimate of drug-likeness (QED) is 0.365. The van der Waals surface area contributed by atoms with Crippen LogP contribution in [0.5, 0.6) is 0 Å². The number of anilines is 2. The van der Waals surface area contributed by atoms with Gasteiger partial charge in [-0.15, -0.1) is 0 Å². The second kappa shape index (κ2) is 6.86. The van der Waals surface area contributed by atoms with E-state index in [1.54, 1.807) is 13.0 Å². The molecule has 0 aliphatic carbocycles. The van der Waals surface area contributed by atoms with Gasteiger partial charge in [-0.25, -0.2) is 10.8 Å². The fourth-order valence-electron chi connectivity index (χ4n) is 1.30. The van der Waals surface area contributed by atoms with Crippen LogP contribution in [0.1, 0.15) is 19.8 Å². The molecule has 0 spiro atoms. The largest absolute Gasteiger partial charge is 0.393 e. The number of aromatic nitrogens is 1. The fraction of sp³-hybridized carbons (Fsp3) is 0.500. The number of hydrazine groups is 1. The number of nitrogens with one attached hydrogen (secondary N) is 2. The zero-order chi connectivity index (χ0) is 12.8. The summed E-state index contributed by atoms with van der Waals surface area (Å²) >= 11 is 11.8. The molecule has 96 valence electrons. The number of nitrogens with two attached hydrogens (primary N) is 1. The molecule has 0 radical (unpaired) electrons. The average molecular weight is 279 g/mol. The Morgan fingerprint density at radius 1 is 1.41 bits per heavy atom. The lowest BCUT2D eigenvalue weighted by Crippen LogP contribution is -2.12. The van der Waals surface area contributed by atoms with Gasteiger partial charge >= 0.3 is 0 Å². The molecule has 0 aliphatic rings. The third-order valence-corrected chi connectivity index (χ3v) is 2.73. The van der Waals surface area contributed by atoms with Crippen LogP contribution in [0.25, 0.3) is 0 Å². The highest BCUT2D eigenvalue weighted by Gasteiger charge is 2.08. The first-order valence-corrected chi connectivity index (χ1v) is 6.04. The lowest BCUT2D eigenvalue weighted by atomic mass is 10.2. The van der Waals surface area contributed by atoms with Crippen LogP contribution in [0, 0.1) is 0 Å². The van der Waals surface area contributed by atoms with Crippen molar-refractivity contribution in [2.75, 3.05) is 17.3 Å². The van der Waals surface area contributed by atoms with Crippen LogP contribution in [-0.2, 0) is 0 Å². The van der Waals surface area contributed by atoms with Gasteiger partial charge < -0.3 is 15.8 Å². The zero-order valence-electron chi connectivity index (χ0n) is 9.50. The van der Waals surface area contributed by atoms with Crippen LogP contribution >= 0.6 is 23.2 Å². The second-order valence-corrected chi connectivity index (χ2v) is 4.53. The Hall–Kier alpha value is -0.750. The van der Waals surface area contributed by atoms with Gasteiger partial charge in [-0.05, 0) is 25.8 Å². The van der Waals surface area contributed by atoms with E-state index in [1.807, 2.05) is 0 Å². The molecule has 0 fully saturated rings. The summed E-state index contributed by atoms with van der Waals surface area (Å²) < 4.78 is 0. The van der Waals surface area contributed by atoms with Gasteiger partial charge in [0.15, 0.2) is 5.82 Å². The van der Waals surface area contributed by atoms with E-state index in [-0.39, 0.29) is 6.10 Å². The topological polar surface area (TPSA) is 83.2 Å². The number of halogens is 2. The number of pyridine rings is 1. The fourth-order valence-corrected chi connectivity index (χ4v) is 1.78. The SMILES string of the molecule is CC(O)CCCNc1nc(NN)c(Cl)cc1Cl. The smallest absolute Gasteiger partial charge is 0.161 e. The van der Waals surface area contributed by atoms with Crippen LogP contribution in [0.2, 0.25) is 10.0 Å². The second-order valence-electron chi connectivity index (χ2n) is 3.71. The van der Waals surface area contributed by atoms with E-state index in [0.29, 0.717) is 28.2 Å². The Morgan fingerprint density at radius 2 is 2.06 bits per heavy atom. The summed E-state index contributed by atoms with van der Waals surface area (Å²) in [5.74, 6) is 6.16. The minimum Gasteiger partial charge on any atom is -0.393 e. The molecular formula is C10H16Cl2N4O. The van der Waals surface area contributed by atoms with Crippen LogP contribution in [0.3, 0.4) is 0 Å². The standard InChI is InChI=1S/C10H16Cl2N4O/c1-6(17)3-2-4-14-9-7(11)5-8(12)10(15-9)16-13/h5-6,17H,2-4,13H2,1H3,(H2,14,15,16). The number of nitrogen functional groups attached to an aromatic ring is 1. The van der Waals surface area contributed by atoms with Crippen LogP contribution in [0.4, 0.5) is 11.6 Å². The number of hydrogen-bond acceptors (Lipinski definition) is 5. The van der Waals surface area contributed by atoms with Crippen molar-refractivity contribution >= 4 is 34.8 Å². The lowest BCUT2D eigenvalue weighted by molar-refractivity contribution is 0.183. The third-order valence-electron chi connectivity index (χ3n) is 2.16.